The SMILES string of the molecule is CC(C)(C)[C@H](N)C(=O)N1CCN(CC(=O)N2CCOCC2)CC1.Cl.Cl. The van der Waals surface area contributed by atoms with Crippen LogP contribution < -0.4 is 5.73 Å². The highest BCUT2D eigenvalue weighted by molar-refractivity contribution is 5.85. The highest BCUT2D eigenvalue weighted by atomic mass is 35.5. The fourth-order valence-electron chi connectivity index (χ4n) is 2.80. The second-order valence-electron chi connectivity index (χ2n) is 7.44. The summed E-state index contributed by atoms with van der Waals surface area (Å²) in [5.41, 5.74) is 5.82. The lowest BCUT2D eigenvalue weighted by Crippen LogP contribution is -2.57. The number of amides is 2. The molecule has 2 heterocycles. The number of hydrogen-bond donors (Lipinski definition) is 1. The summed E-state index contributed by atoms with van der Waals surface area (Å²) >= 11 is 0. The third-order valence-corrected chi connectivity index (χ3v) is 4.61. The molecule has 2 aliphatic heterocycles. The number of rotatable bonds is 3. The molecule has 2 fully saturated rings. The number of carbonyl (C=O) groups is 2. The Bertz CT molecular complexity index is 432. The molecule has 7 nitrogen and oxygen atoms in total. The summed E-state index contributed by atoms with van der Waals surface area (Å²) in [7, 11) is 0. The highest BCUT2D eigenvalue weighted by Gasteiger charge is 2.33. The minimum atomic E-state index is -0.482. The van der Waals surface area contributed by atoms with Crippen LogP contribution in [0.5, 0.6) is 0 Å². The lowest BCUT2D eigenvalue weighted by Gasteiger charge is -2.38. The molecular weight excluding hydrogens is 367 g/mol. The van der Waals surface area contributed by atoms with Gasteiger partial charge in [-0.05, 0) is 5.41 Å². The van der Waals surface area contributed by atoms with Crippen molar-refractivity contribution in [3.63, 3.8) is 0 Å². The Kier molecular flexibility index (Phi) is 10.3. The van der Waals surface area contributed by atoms with Crippen LogP contribution in [0.4, 0.5) is 0 Å². The topological polar surface area (TPSA) is 79.1 Å². The van der Waals surface area contributed by atoms with Crippen LogP contribution in [0.25, 0.3) is 0 Å². The zero-order chi connectivity index (χ0) is 17.0. The van der Waals surface area contributed by atoms with Crippen molar-refractivity contribution in [3.8, 4) is 0 Å². The van der Waals surface area contributed by atoms with E-state index in [0.29, 0.717) is 45.9 Å². The number of nitrogens with two attached hydrogens (primary N) is 1. The molecule has 2 aliphatic rings. The average Bonchev–Trinajstić information content (AvgIpc) is 2.54. The van der Waals surface area contributed by atoms with Gasteiger partial charge < -0.3 is 20.3 Å². The number of ether oxygens (including phenoxy) is 1. The summed E-state index contributed by atoms with van der Waals surface area (Å²) in [6, 6.07) is -0.482. The van der Waals surface area contributed by atoms with Gasteiger partial charge in [-0.1, -0.05) is 20.8 Å². The number of piperazine rings is 1. The fraction of sp³-hybridized carbons (Fsp3) is 0.875. The van der Waals surface area contributed by atoms with E-state index >= 15 is 0 Å². The average molecular weight is 399 g/mol. The molecule has 0 aliphatic carbocycles. The third-order valence-electron chi connectivity index (χ3n) is 4.61. The van der Waals surface area contributed by atoms with E-state index in [4.69, 9.17) is 10.5 Å². The highest BCUT2D eigenvalue weighted by Crippen LogP contribution is 2.19. The summed E-state index contributed by atoms with van der Waals surface area (Å²) in [6.45, 7) is 11.7. The van der Waals surface area contributed by atoms with E-state index in [0.717, 1.165) is 13.1 Å². The molecule has 0 spiro atoms. The van der Waals surface area contributed by atoms with Crippen LogP contribution in [0.15, 0.2) is 0 Å². The molecule has 0 radical (unpaired) electrons. The zero-order valence-electron chi connectivity index (χ0n) is 15.4. The summed E-state index contributed by atoms with van der Waals surface area (Å²) < 4.78 is 5.27. The number of nitrogens with zero attached hydrogens (tertiary/aromatic N) is 3. The molecular formula is C16H32Cl2N4O3. The second-order valence-corrected chi connectivity index (χ2v) is 7.44. The van der Waals surface area contributed by atoms with Gasteiger partial charge in [0.05, 0.1) is 25.8 Å². The van der Waals surface area contributed by atoms with Gasteiger partial charge in [0.15, 0.2) is 0 Å². The minimum Gasteiger partial charge on any atom is -0.378 e. The molecule has 2 rings (SSSR count). The summed E-state index contributed by atoms with van der Waals surface area (Å²) in [4.78, 5) is 30.5. The summed E-state index contributed by atoms with van der Waals surface area (Å²) in [5.74, 6) is 0.163. The van der Waals surface area contributed by atoms with Gasteiger partial charge in [0.25, 0.3) is 0 Å². The van der Waals surface area contributed by atoms with E-state index in [1.54, 1.807) is 0 Å². The Morgan fingerprint density at radius 3 is 1.96 bits per heavy atom. The molecule has 0 unspecified atom stereocenters. The Morgan fingerprint density at radius 1 is 0.960 bits per heavy atom. The standard InChI is InChI=1S/C16H30N4O3.2ClH/c1-16(2,3)14(17)15(22)20-6-4-18(5-7-20)12-13(21)19-8-10-23-11-9-19;;/h14H,4-12,17H2,1-3H3;2*1H/t14-;;/m1../s1. The molecule has 0 bridgehead atoms. The van der Waals surface area contributed by atoms with Gasteiger partial charge >= 0.3 is 0 Å². The molecule has 0 aromatic rings. The molecule has 2 amide bonds. The Morgan fingerprint density at radius 2 is 1.48 bits per heavy atom. The fourth-order valence-corrected chi connectivity index (χ4v) is 2.80. The normalized spacial score (nSPS) is 20.3. The van der Waals surface area contributed by atoms with Gasteiger partial charge in [0.2, 0.25) is 11.8 Å². The van der Waals surface area contributed by atoms with Crippen molar-refractivity contribution in [2.24, 2.45) is 11.1 Å². The van der Waals surface area contributed by atoms with Gasteiger partial charge in [-0.15, -0.1) is 24.8 Å². The molecule has 0 aromatic carbocycles. The van der Waals surface area contributed by atoms with E-state index < -0.39 is 6.04 Å². The van der Waals surface area contributed by atoms with E-state index in [9.17, 15) is 9.59 Å². The van der Waals surface area contributed by atoms with Crippen molar-refractivity contribution in [1.29, 1.82) is 0 Å². The molecule has 25 heavy (non-hydrogen) atoms. The van der Waals surface area contributed by atoms with Crippen LogP contribution in [0, 0.1) is 5.41 Å². The first-order valence-corrected chi connectivity index (χ1v) is 8.41. The predicted molar refractivity (Wildman–Crippen MR) is 102 cm³/mol. The lowest BCUT2D eigenvalue weighted by atomic mass is 9.86. The molecule has 0 saturated carbocycles. The smallest absolute Gasteiger partial charge is 0.240 e. The largest absolute Gasteiger partial charge is 0.378 e. The maximum atomic E-state index is 12.4. The predicted octanol–water partition coefficient (Wildman–Crippen LogP) is 0.206. The number of carbonyl (C=O) groups excluding carboxylic acids is 2. The molecule has 9 heteroatoms. The van der Waals surface area contributed by atoms with Crippen molar-refractivity contribution >= 4 is 36.6 Å². The molecule has 1 atom stereocenters. The Balaban J connectivity index is 0.00000288. The van der Waals surface area contributed by atoms with Crippen LogP contribution in [0.1, 0.15) is 20.8 Å². The van der Waals surface area contributed by atoms with Gasteiger partial charge in [-0.2, -0.15) is 0 Å². The van der Waals surface area contributed by atoms with Crippen LogP contribution in [0.3, 0.4) is 0 Å². The van der Waals surface area contributed by atoms with Gasteiger partial charge in [0.1, 0.15) is 0 Å². The van der Waals surface area contributed by atoms with Crippen LogP contribution in [-0.4, -0.2) is 91.6 Å². The number of morpholine rings is 1. The van der Waals surface area contributed by atoms with Crippen LogP contribution in [-0.2, 0) is 14.3 Å². The Hall–Kier alpha value is -0.600. The van der Waals surface area contributed by atoms with Gasteiger partial charge in [0, 0.05) is 39.3 Å². The summed E-state index contributed by atoms with van der Waals surface area (Å²) in [6.07, 6.45) is 0. The molecule has 2 saturated heterocycles. The third kappa shape index (κ3) is 6.90. The Labute approximate surface area is 163 Å². The van der Waals surface area contributed by atoms with E-state index in [1.807, 2.05) is 30.6 Å². The van der Waals surface area contributed by atoms with Crippen molar-refractivity contribution in [3.05, 3.63) is 0 Å². The van der Waals surface area contributed by atoms with Crippen molar-refractivity contribution < 1.29 is 14.3 Å². The van der Waals surface area contributed by atoms with Crippen molar-refractivity contribution in [2.45, 2.75) is 26.8 Å². The van der Waals surface area contributed by atoms with E-state index in [-0.39, 0.29) is 42.0 Å². The molecule has 0 aromatic heterocycles. The van der Waals surface area contributed by atoms with Gasteiger partial charge in [-0.25, -0.2) is 0 Å². The maximum Gasteiger partial charge on any atom is 0.240 e. The van der Waals surface area contributed by atoms with E-state index in [1.165, 1.54) is 0 Å². The van der Waals surface area contributed by atoms with Crippen molar-refractivity contribution in [1.82, 2.24) is 14.7 Å². The quantitative estimate of drug-likeness (QED) is 0.734. The van der Waals surface area contributed by atoms with Crippen molar-refractivity contribution in [2.75, 3.05) is 59.0 Å². The second kappa shape index (κ2) is 10.5. The monoisotopic (exact) mass is 398 g/mol. The zero-order valence-corrected chi connectivity index (χ0v) is 17.0. The summed E-state index contributed by atoms with van der Waals surface area (Å²) in [5, 5.41) is 0. The number of halogens is 2. The maximum absolute atomic E-state index is 12.4. The van der Waals surface area contributed by atoms with Gasteiger partial charge in [-0.3, -0.25) is 14.5 Å². The minimum absolute atomic E-state index is 0. The first kappa shape index (κ1) is 24.4. The number of hydrogen-bond acceptors (Lipinski definition) is 5. The van der Waals surface area contributed by atoms with E-state index in [2.05, 4.69) is 4.90 Å². The van der Waals surface area contributed by atoms with Crippen LogP contribution in [0.2, 0.25) is 0 Å². The first-order chi connectivity index (χ1) is 10.8. The first-order valence-electron chi connectivity index (χ1n) is 8.41. The molecule has 2 N–H and O–H groups in total. The van der Waals surface area contributed by atoms with Crippen LogP contribution >= 0.6 is 24.8 Å². The lowest BCUT2D eigenvalue weighted by molar-refractivity contribution is -0.139. The molecule has 148 valence electrons.